The van der Waals surface area contributed by atoms with E-state index in [4.69, 9.17) is 11.2 Å². The number of hydrogen-bond donors (Lipinski definition) is 0. The minimum atomic E-state index is -0.481. The first-order valence-electron chi connectivity index (χ1n) is 8.94. The maximum absolute atomic E-state index is 12.1. The summed E-state index contributed by atoms with van der Waals surface area (Å²) in [6, 6.07) is 26.2. The summed E-state index contributed by atoms with van der Waals surface area (Å²) in [5.74, 6) is 2.51. The third kappa shape index (κ3) is 4.49. The number of para-hydroxylation sites is 1. The van der Waals surface area contributed by atoms with Crippen LogP contribution in [0.3, 0.4) is 0 Å². The average Bonchev–Trinajstić information content (AvgIpc) is 2.77. The van der Waals surface area contributed by atoms with Gasteiger partial charge < -0.3 is 4.74 Å². The number of benzene rings is 3. The van der Waals surface area contributed by atoms with Crippen molar-refractivity contribution in [3.05, 3.63) is 90.0 Å². The molecule has 0 aromatic heterocycles. The lowest BCUT2D eigenvalue weighted by Gasteiger charge is -2.20. The molecule has 0 N–H and O–H groups in total. The van der Waals surface area contributed by atoms with Crippen LogP contribution < -0.4 is 4.90 Å². The van der Waals surface area contributed by atoms with Crippen molar-refractivity contribution in [2.45, 2.75) is 0 Å². The molecule has 3 nitrogen and oxygen atoms in total. The number of terminal acetylenes is 1. The summed E-state index contributed by atoms with van der Waals surface area (Å²) in [5.41, 5.74) is 5.02. The number of methoxy groups -OCH3 is 1. The second kappa shape index (κ2) is 9.25. The molecular weight excluding hydrogens is 346 g/mol. The van der Waals surface area contributed by atoms with Gasteiger partial charge in [0.1, 0.15) is 0 Å². The van der Waals surface area contributed by atoms with Crippen molar-refractivity contribution in [1.82, 2.24) is 0 Å². The summed E-state index contributed by atoms with van der Waals surface area (Å²) in [6.07, 6.45) is 8.92. The second-order valence-electron chi connectivity index (χ2n) is 6.14. The molecule has 0 heterocycles. The molecule has 0 atom stereocenters. The summed E-state index contributed by atoms with van der Waals surface area (Å²) in [6.45, 7) is 0.142. The number of hydrogen-bond acceptors (Lipinski definition) is 2. The standard InChI is InChI=1S/C25H21NO2/c1-3-19-26(25(27)28-2)24-12-8-7-11-23(24)18-15-20-13-16-22(17-14-20)21-9-5-4-6-10-21/h1,4-18H,19H2,2H3/b18-15+. The van der Waals surface area contributed by atoms with E-state index in [1.54, 1.807) is 0 Å². The molecule has 3 aromatic carbocycles. The molecule has 0 aliphatic rings. The highest BCUT2D eigenvalue weighted by molar-refractivity contribution is 5.92. The molecule has 3 aromatic rings. The number of carbonyl (C=O) groups is 1. The Morgan fingerprint density at radius 2 is 1.57 bits per heavy atom. The van der Waals surface area contributed by atoms with Gasteiger partial charge in [0.2, 0.25) is 0 Å². The van der Waals surface area contributed by atoms with E-state index < -0.39 is 6.09 Å². The van der Waals surface area contributed by atoms with E-state index >= 15 is 0 Å². The van der Waals surface area contributed by atoms with E-state index in [9.17, 15) is 4.79 Å². The minimum absolute atomic E-state index is 0.142. The van der Waals surface area contributed by atoms with E-state index in [1.807, 2.05) is 54.6 Å². The van der Waals surface area contributed by atoms with Gasteiger partial charge >= 0.3 is 6.09 Å². The molecular formula is C25H21NO2. The Hall–Kier alpha value is -3.77. The molecule has 138 valence electrons. The van der Waals surface area contributed by atoms with Gasteiger partial charge in [-0.25, -0.2) is 4.79 Å². The lowest BCUT2D eigenvalue weighted by Crippen LogP contribution is -2.31. The van der Waals surface area contributed by atoms with Crippen molar-refractivity contribution in [3.8, 4) is 23.5 Å². The lowest BCUT2D eigenvalue weighted by atomic mass is 10.0. The van der Waals surface area contributed by atoms with Crippen molar-refractivity contribution in [2.24, 2.45) is 0 Å². The van der Waals surface area contributed by atoms with Crippen LogP contribution in [0.1, 0.15) is 11.1 Å². The van der Waals surface area contributed by atoms with Crippen molar-refractivity contribution >= 4 is 23.9 Å². The third-order valence-electron chi connectivity index (χ3n) is 4.35. The van der Waals surface area contributed by atoms with E-state index in [-0.39, 0.29) is 6.54 Å². The van der Waals surface area contributed by atoms with Crippen molar-refractivity contribution in [3.63, 3.8) is 0 Å². The van der Waals surface area contributed by atoms with Crippen LogP contribution in [-0.2, 0) is 4.74 Å². The van der Waals surface area contributed by atoms with Gasteiger partial charge in [0.15, 0.2) is 0 Å². The largest absolute Gasteiger partial charge is 0.452 e. The molecule has 28 heavy (non-hydrogen) atoms. The topological polar surface area (TPSA) is 29.5 Å². The Bertz CT molecular complexity index is 999. The Balaban J connectivity index is 1.85. The molecule has 0 radical (unpaired) electrons. The Morgan fingerprint density at radius 1 is 0.929 bits per heavy atom. The summed E-state index contributed by atoms with van der Waals surface area (Å²) in [5, 5.41) is 0. The van der Waals surface area contributed by atoms with Crippen LogP contribution in [0.15, 0.2) is 78.9 Å². The fourth-order valence-electron chi connectivity index (χ4n) is 2.93. The normalized spacial score (nSPS) is 10.4. The summed E-state index contributed by atoms with van der Waals surface area (Å²) < 4.78 is 4.86. The maximum atomic E-state index is 12.1. The Labute approximate surface area is 165 Å². The lowest BCUT2D eigenvalue weighted by molar-refractivity contribution is 0.179. The summed E-state index contributed by atoms with van der Waals surface area (Å²) in [4.78, 5) is 13.5. The SMILES string of the molecule is C#CCN(C(=O)OC)c1ccccc1/C=C/c1ccc(-c2ccccc2)cc1. The van der Waals surface area contributed by atoms with Gasteiger partial charge in [0.25, 0.3) is 0 Å². The molecule has 0 unspecified atom stereocenters. The molecule has 0 aliphatic heterocycles. The van der Waals surface area contributed by atoms with Crippen molar-refractivity contribution < 1.29 is 9.53 Å². The number of ether oxygens (including phenoxy) is 1. The minimum Gasteiger partial charge on any atom is -0.452 e. The predicted molar refractivity (Wildman–Crippen MR) is 116 cm³/mol. The highest BCUT2D eigenvalue weighted by Crippen LogP contribution is 2.24. The predicted octanol–water partition coefficient (Wildman–Crippen LogP) is 5.73. The smallest absolute Gasteiger partial charge is 0.414 e. The van der Waals surface area contributed by atoms with Crippen LogP contribution in [0.5, 0.6) is 0 Å². The first kappa shape index (κ1) is 19.0. The van der Waals surface area contributed by atoms with Gasteiger partial charge in [-0.1, -0.05) is 90.9 Å². The van der Waals surface area contributed by atoms with E-state index in [2.05, 4.69) is 42.3 Å². The van der Waals surface area contributed by atoms with E-state index in [0.29, 0.717) is 5.69 Å². The van der Waals surface area contributed by atoms with Gasteiger partial charge in [-0.2, -0.15) is 0 Å². The zero-order valence-corrected chi connectivity index (χ0v) is 15.7. The molecule has 0 bridgehead atoms. The quantitative estimate of drug-likeness (QED) is 0.426. The van der Waals surface area contributed by atoms with E-state index in [0.717, 1.165) is 11.1 Å². The van der Waals surface area contributed by atoms with Gasteiger partial charge in [-0.05, 0) is 28.3 Å². The number of amides is 1. The second-order valence-corrected chi connectivity index (χ2v) is 6.14. The van der Waals surface area contributed by atoms with Crippen LogP contribution in [0, 0.1) is 12.3 Å². The molecule has 3 rings (SSSR count). The van der Waals surface area contributed by atoms with E-state index in [1.165, 1.54) is 23.1 Å². The highest BCUT2D eigenvalue weighted by Gasteiger charge is 2.17. The van der Waals surface area contributed by atoms with Gasteiger partial charge in [0.05, 0.1) is 19.3 Å². The summed E-state index contributed by atoms with van der Waals surface area (Å²) >= 11 is 0. The molecule has 0 saturated carbocycles. The number of anilines is 1. The molecule has 3 heteroatoms. The third-order valence-corrected chi connectivity index (χ3v) is 4.35. The summed E-state index contributed by atoms with van der Waals surface area (Å²) in [7, 11) is 1.35. The number of rotatable bonds is 5. The molecule has 1 amide bonds. The Kier molecular flexibility index (Phi) is 6.28. The monoisotopic (exact) mass is 367 g/mol. The van der Waals surface area contributed by atoms with Crippen molar-refractivity contribution in [2.75, 3.05) is 18.6 Å². The zero-order chi connectivity index (χ0) is 19.8. The average molecular weight is 367 g/mol. The Morgan fingerprint density at radius 3 is 2.25 bits per heavy atom. The first-order valence-corrected chi connectivity index (χ1v) is 8.94. The molecule has 0 spiro atoms. The van der Waals surface area contributed by atoms with Crippen LogP contribution in [0.4, 0.5) is 10.5 Å². The zero-order valence-electron chi connectivity index (χ0n) is 15.7. The van der Waals surface area contributed by atoms with Gasteiger partial charge in [-0.3, -0.25) is 4.90 Å². The number of carbonyl (C=O) groups excluding carboxylic acids is 1. The fourth-order valence-corrected chi connectivity index (χ4v) is 2.93. The van der Waals surface area contributed by atoms with Crippen LogP contribution in [-0.4, -0.2) is 19.7 Å². The van der Waals surface area contributed by atoms with Gasteiger partial charge in [0, 0.05) is 0 Å². The van der Waals surface area contributed by atoms with Crippen LogP contribution >= 0.6 is 0 Å². The molecule has 0 aliphatic carbocycles. The number of nitrogens with zero attached hydrogens (tertiary/aromatic N) is 1. The maximum Gasteiger partial charge on any atom is 0.414 e. The fraction of sp³-hybridized carbons (Fsp3) is 0.0800. The van der Waals surface area contributed by atoms with Gasteiger partial charge in [-0.15, -0.1) is 6.42 Å². The molecule has 0 fully saturated rings. The van der Waals surface area contributed by atoms with Crippen molar-refractivity contribution in [1.29, 1.82) is 0 Å². The molecule has 0 saturated heterocycles. The first-order chi connectivity index (χ1) is 13.7. The highest BCUT2D eigenvalue weighted by atomic mass is 16.5. The van der Waals surface area contributed by atoms with Crippen LogP contribution in [0.2, 0.25) is 0 Å². The van der Waals surface area contributed by atoms with Crippen LogP contribution in [0.25, 0.3) is 23.3 Å².